The molecule has 3 aromatic carbocycles. The van der Waals surface area contributed by atoms with E-state index in [4.69, 9.17) is 52.1 Å². The number of fused-ring (bicyclic) bond motifs is 3. The van der Waals surface area contributed by atoms with Gasteiger partial charge in [-0.2, -0.15) is 0 Å². The molecule has 0 saturated carbocycles. The van der Waals surface area contributed by atoms with Gasteiger partial charge in [-0.1, -0.05) is 6.07 Å². The van der Waals surface area contributed by atoms with Crippen molar-refractivity contribution >= 4 is 16.7 Å². The van der Waals surface area contributed by atoms with E-state index in [1.165, 1.54) is 14.2 Å². The fourth-order valence-corrected chi connectivity index (χ4v) is 7.55. The minimum absolute atomic E-state index is 0.0183. The third-order valence-corrected chi connectivity index (χ3v) is 10.7. The Hall–Kier alpha value is -4.13. The average molecular weight is 807 g/mol. The fraction of sp³-hybridized carbons (Fsp3) is 0.541. The molecule has 3 aromatic rings. The predicted molar refractivity (Wildman–Crippen MR) is 185 cm³/mol. The minimum atomic E-state index is -2.23. The van der Waals surface area contributed by atoms with Crippen LogP contribution in [0, 0.1) is 0 Å². The first-order chi connectivity index (χ1) is 27.4. The Morgan fingerprint density at radius 2 is 1.51 bits per heavy atom. The van der Waals surface area contributed by atoms with Crippen LogP contribution >= 0.6 is 0 Å². The molecule has 0 amide bonds. The third-order valence-electron chi connectivity index (χ3n) is 10.7. The topological polar surface area (TPSA) is 280 Å². The maximum Gasteiger partial charge on any atom is 0.339 e. The predicted octanol–water partition coefficient (Wildman–Crippen LogP) is -1.97. The van der Waals surface area contributed by atoms with Crippen LogP contribution in [0.5, 0.6) is 28.7 Å². The number of cyclic esters (lactones) is 1. The summed E-state index contributed by atoms with van der Waals surface area (Å²) >= 11 is 0. The van der Waals surface area contributed by atoms with Gasteiger partial charge in [-0.3, -0.25) is 0 Å². The molecule has 3 saturated heterocycles. The highest BCUT2D eigenvalue weighted by molar-refractivity contribution is 6.14. The Bertz CT molecular complexity index is 1990. The minimum Gasteiger partial charge on any atom is -0.493 e. The van der Waals surface area contributed by atoms with Crippen LogP contribution in [-0.4, -0.2) is 168 Å². The summed E-state index contributed by atoms with van der Waals surface area (Å²) in [6.45, 7) is -2.77. The van der Waals surface area contributed by atoms with Crippen molar-refractivity contribution in [1.82, 2.24) is 0 Å². The molecule has 8 N–H and O–H groups in total. The molecule has 8 rings (SSSR count). The summed E-state index contributed by atoms with van der Waals surface area (Å²) in [6.07, 6.45) is -18.2. The van der Waals surface area contributed by atoms with Crippen molar-refractivity contribution in [2.75, 3.05) is 47.4 Å². The first-order valence-corrected chi connectivity index (χ1v) is 17.9. The average Bonchev–Trinajstić information content (AvgIpc) is 3.93. The van der Waals surface area contributed by atoms with Crippen LogP contribution in [0.3, 0.4) is 0 Å². The molecule has 3 fully saturated rings. The van der Waals surface area contributed by atoms with Crippen LogP contribution in [0.25, 0.3) is 21.9 Å². The van der Waals surface area contributed by atoms with Crippen LogP contribution in [0.2, 0.25) is 0 Å². The molecule has 5 aliphatic heterocycles. The summed E-state index contributed by atoms with van der Waals surface area (Å²) < 4.78 is 63.2. The molecule has 0 radical (unpaired) electrons. The SMILES string of the molecule is COc1cc2c(O[C@@H]3OC[C@](O)(CO[C@@H]4O[C@H](CO)[C@@H](O)[C@H](O)[C@H]4O)[C@H]3O[C@@H]3OC[C@@H](O)[C@H](O)[C@H]3O)c3c(c(-c4ccc5c(c4)OCO5)c2cc1OC)C(=O)OC3. The summed E-state index contributed by atoms with van der Waals surface area (Å²) in [4.78, 5) is 13.6. The van der Waals surface area contributed by atoms with E-state index in [1.807, 2.05) is 0 Å². The van der Waals surface area contributed by atoms with Crippen LogP contribution in [0.4, 0.5) is 0 Å². The van der Waals surface area contributed by atoms with Crippen molar-refractivity contribution in [2.45, 2.75) is 79.9 Å². The molecule has 57 heavy (non-hydrogen) atoms. The number of carbonyl (C=O) groups excluding carboxylic acids is 1. The van der Waals surface area contributed by atoms with Gasteiger partial charge >= 0.3 is 5.97 Å². The highest BCUT2D eigenvalue weighted by atomic mass is 16.8. The molecular weight excluding hydrogens is 764 g/mol. The maximum absolute atomic E-state index is 13.6. The van der Waals surface area contributed by atoms with E-state index >= 15 is 0 Å². The van der Waals surface area contributed by atoms with E-state index in [2.05, 4.69) is 0 Å². The van der Waals surface area contributed by atoms with Gasteiger partial charge in [-0.05, 0) is 35.2 Å². The monoisotopic (exact) mass is 806 g/mol. The van der Waals surface area contributed by atoms with Crippen LogP contribution in [-0.2, 0) is 35.0 Å². The van der Waals surface area contributed by atoms with E-state index in [9.17, 15) is 45.6 Å². The van der Waals surface area contributed by atoms with Gasteiger partial charge in [0.2, 0.25) is 13.1 Å². The van der Waals surface area contributed by atoms with Gasteiger partial charge in [0, 0.05) is 16.5 Å². The molecule has 0 unspecified atom stereocenters. The first kappa shape index (κ1) is 39.7. The molecule has 5 aliphatic rings. The lowest BCUT2D eigenvalue weighted by atomic mass is 9.89. The van der Waals surface area contributed by atoms with Gasteiger partial charge in [-0.25, -0.2) is 4.79 Å². The number of rotatable bonds is 11. The standard InChI is InChI=1S/C37H42O20/c1-47-20-6-15-16(7-21(20)48-2)31(17-9-49-33(45)25(17)24(15)14-3-4-19-22(5-14)54-13-53-19)56-36-32(57-34-29(43)26(40)18(39)10-50-34)37(46,12-52-36)11-51-35-30(44)28(42)27(41)23(8-38)55-35/h3-7,18,23,26-30,32,34-36,38-44,46H,8-13H2,1-2H3/t18-,23-,26+,27-,28+,29-,30-,32+,34+,35-,36+,37-/m1/s1. The first-order valence-electron chi connectivity index (χ1n) is 17.9. The second kappa shape index (κ2) is 15.6. The van der Waals surface area contributed by atoms with Crippen molar-refractivity contribution in [2.24, 2.45) is 0 Å². The molecule has 12 atom stereocenters. The summed E-state index contributed by atoms with van der Waals surface area (Å²) in [5.74, 6) is 0.947. The molecule has 0 bridgehead atoms. The van der Waals surface area contributed by atoms with Gasteiger partial charge < -0.3 is 93.0 Å². The molecule has 0 aliphatic carbocycles. The number of hydrogen-bond donors (Lipinski definition) is 8. The van der Waals surface area contributed by atoms with Crippen LogP contribution < -0.4 is 23.7 Å². The van der Waals surface area contributed by atoms with Crippen molar-refractivity contribution in [3.8, 4) is 39.9 Å². The number of esters is 1. The van der Waals surface area contributed by atoms with E-state index in [-0.39, 0.29) is 36.0 Å². The Balaban J connectivity index is 1.20. The summed E-state index contributed by atoms with van der Waals surface area (Å²) in [5.41, 5.74) is -0.782. The lowest BCUT2D eigenvalue weighted by Gasteiger charge is -2.41. The van der Waals surface area contributed by atoms with Gasteiger partial charge in [0.15, 0.2) is 41.7 Å². The Morgan fingerprint density at radius 1 is 0.789 bits per heavy atom. The lowest BCUT2D eigenvalue weighted by molar-refractivity contribution is -0.324. The summed E-state index contributed by atoms with van der Waals surface area (Å²) in [5, 5.41) is 85.0. The second-order valence-corrected chi connectivity index (χ2v) is 14.2. The van der Waals surface area contributed by atoms with E-state index < -0.39 is 106 Å². The third kappa shape index (κ3) is 6.89. The smallest absolute Gasteiger partial charge is 0.339 e. The molecule has 5 heterocycles. The molecule has 0 spiro atoms. The van der Waals surface area contributed by atoms with Crippen molar-refractivity contribution < 1.29 is 97.8 Å². The fourth-order valence-electron chi connectivity index (χ4n) is 7.55. The zero-order chi connectivity index (χ0) is 40.3. The molecule has 310 valence electrons. The molecule has 20 nitrogen and oxygen atoms in total. The number of benzene rings is 3. The zero-order valence-electron chi connectivity index (χ0n) is 30.5. The summed E-state index contributed by atoms with van der Waals surface area (Å²) in [7, 11) is 2.88. The van der Waals surface area contributed by atoms with Crippen LogP contribution in [0.15, 0.2) is 30.3 Å². The Morgan fingerprint density at radius 3 is 2.25 bits per heavy atom. The van der Waals surface area contributed by atoms with Crippen molar-refractivity contribution in [3.05, 3.63) is 41.5 Å². The number of carbonyl (C=O) groups is 1. The van der Waals surface area contributed by atoms with Gasteiger partial charge in [0.25, 0.3) is 0 Å². The molecular formula is C37H42O20. The number of hydrogen-bond acceptors (Lipinski definition) is 20. The number of methoxy groups -OCH3 is 2. The lowest BCUT2D eigenvalue weighted by Crippen LogP contribution is -2.61. The van der Waals surface area contributed by atoms with Crippen LogP contribution in [0.1, 0.15) is 15.9 Å². The van der Waals surface area contributed by atoms with E-state index in [0.717, 1.165) is 0 Å². The maximum atomic E-state index is 13.6. The number of ether oxygens (including phenoxy) is 11. The summed E-state index contributed by atoms with van der Waals surface area (Å²) in [6, 6.07) is 8.46. The van der Waals surface area contributed by atoms with E-state index in [1.54, 1.807) is 30.3 Å². The van der Waals surface area contributed by atoms with Crippen molar-refractivity contribution in [1.29, 1.82) is 0 Å². The highest BCUT2D eigenvalue weighted by Gasteiger charge is 2.56. The normalized spacial score (nSPS) is 34.6. The number of aliphatic hydroxyl groups excluding tert-OH is 7. The molecule has 0 aromatic heterocycles. The largest absolute Gasteiger partial charge is 0.493 e. The second-order valence-electron chi connectivity index (χ2n) is 14.2. The van der Waals surface area contributed by atoms with Gasteiger partial charge in [-0.15, -0.1) is 0 Å². The number of aliphatic hydroxyl groups is 8. The van der Waals surface area contributed by atoms with Gasteiger partial charge in [0.1, 0.15) is 60.7 Å². The highest BCUT2D eigenvalue weighted by Crippen LogP contribution is 2.50. The van der Waals surface area contributed by atoms with Gasteiger partial charge in [0.05, 0.1) is 46.2 Å². The zero-order valence-corrected chi connectivity index (χ0v) is 30.5. The van der Waals surface area contributed by atoms with Crippen molar-refractivity contribution in [3.63, 3.8) is 0 Å². The van der Waals surface area contributed by atoms with E-state index in [0.29, 0.717) is 39.1 Å². The Kier molecular flexibility index (Phi) is 10.8. The quantitative estimate of drug-likeness (QED) is 0.0976. The Labute approximate surface area is 323 Å². The molecule has 20 heteroatoms.